The Morgan fingerprint density at radius 1 is 0.778 bits per heavy atom. The number of rotatable bonds is 3. The molecule has 2 aliphatic rings. The second-order valence-corrected chi connectivity index (χ2v) is 4.87. The topological polar surface area (TPSA) is 92.3 Å². The lowest BCUT2D eigenvalue weighted by atomic mass is 9.86. The molecule has 2 aliphatic heterocycles. The van der Waals surface area contributed by atoms with Gasteiger partial charge in [0.25, 0.3) is 0 Å². The summed E-state index contributed by atoms with van der Waals surface area (Å²) in [7, 11) is 0. The number of hydrogen-bond donors (Lipinski definition) is 2. The molecule has 0 aromatic carbocycles. The van der Waals surface area contributed by atoms with Crippen LogP contribution in [-0.4, -0.2) is 23.6 Å². The molecule has 0 radical (unpaired) electrons. The van der Waals surface area contributed by atoms with E-state index in [0.717, 1.165) is 0 Å². The van der Waals surface area contributed by atoms with Crippen LogP contribution < -0.4 is 10.6 Å². The van der Waals surface area contributed by atoms with E-state index in [-0.39, 0.29) is 35.5 Å². The average molecular weight is 252 g/mol. The minimum atomic E-state index is -0.237. The molecule has 6 nitrogen and oxygen atoms in total. The predicted molar refractivity (Wildman–Crippen MR) is 61.0 cm³/mol. The van der Waals surface area contributed by atoms with E-state index in [2.05, 4.69) is 10.6 Å². The summed E-state index contributed by atoms with van der Waals surface area (Å²) in [5, 5.41) is 4.61. The first-order valence-electron chi connectivity index (χ1n) is 6.23. The van der Waals surface area contributed by atoms with Gasteiger partial charge in [-0.15, -0.1) is 0 Å². The van der Waals surface area contributed by atoms with Crippen molar-refractivity contribution in [1.29, 1.82) is 0 Å². The molecule has 2 N–H and O–H groups in total. The fraction of sp³-hybridized carbons (Fsp3) is 0.667. The quantitative estimate of drug-likeness (QED) is 0.684. The highest BCUT2D eigenvalue weighted by Gasteiger charge is 2.30. The second-order valence-electron chi connectivity index (χ2n) is 4.87. The van der Waals surface area contributed by atoms with Crippen molar-refractivity contribution in [2.24, 2.45) is 11.8 Å². The Morgan fingerprint density at radius 3 is 1.50 bits per heavy atom. The van der Waals surface area contributed by atoms with Crippen LogP contribution in [0.1, 0.15) is 38.5 Å². The Balaban J connectivity index is 1.81. The molecule has 98 valence electrons. The molecule has 6 heteroatoms. The van der Waals surface area contributed by atoms with E-state index >= 15 is 0 Å². The molecule has 2 unspecified atom stereocenters. The largest absolute Gasteiger partial charge is 0.296 e. The summed E-state index contributed by atoms with van der Waals surface area (Å²) in [6.07, 6.45) is 3.02. The van der Waals surface area contributed by atoms with Crippen molar-refractivity contribution in [2.45, 2.75) is 38.5 Å². The van der Waals surface area contributed by atoms with Gasteiger partial charge < -0.3 is 0 Å². The third-order valence-electron chi connectivity index (χ3n) is 3.57. The minimum Gasteiger partial charge on any atom is -0.296 e. The van der Waals surface area contributed by atoms with Crippen molar-refractivity contribution in [2.75, 3.05) is 0 Å². The van der Waals surface area contributed by atoms with Crippen LogP contribution in [0.5, 0.6) is 0 Å². The zero-order valence-electron chi connectivity index (χ0n) is 10.0. The Morgan fingerprint density at radius 2 is 1.17 bits per heavy atom. The Bertz CT molecular complexity index is 367. The number of carbonyl (C=O) groups is 4. The van der Waals surface area contributed by atoms with Crippen molar-refractivity contribution in [3.05, 3.63) is 0 Å². The van der Waals surface area contributed by atoms with Crippen LogP contribution >= 0.6 is 0 Å². The minimum absolute atomic E-state index is 0.187. The molecule has 2 heterocycles. The van der Waals surface area contributed by atoms with Gasteiger partial charge in [0.1, 0.15) is 0 Å². The second kappa shape index (κ2) is 5.29. The molecule has 0 aromatic rings. The number of imide groups is 2. The van der Waals surface area contributed by atoms with Gasteiger partial charge in [0.2, 0.25) is 23.6 Å². The summed E-state index contributed by atoms with van der Waals surface area (Å²) < 4.78 is 0. The maximum Gasteiger partial charge on any atom is 0.229 e. The normalized spacial score (nSPS) is 28.9. The van der Waals surface area contributed by atoms with Crippen LogP contribution in [0.25, 0.3) is 0 Å². The van der Waals surface area contributed by atoms with E-state index in [1.165, 1.54) is 0 Å². The molecule has 18 heavy (non-hydrogen) atoms. The van der Waals surface area contributed by atoms with E-state index < -0.39 is 0 Å². The van der Waals surface area contributed by atoms with E-state index in [9.17, 15) is 19.2 Å². The van der Waals surface area contributed by atoms with Gasteiger partial charge in [0, 0.05) is 24.7 Å². The van der Waals surface area contributed by atoms with Crippen LogP contribution in [0, 0.1) is 11.8 Å². The van der Waals surface area contributed by atoms with E-state index in [1.807, 2.05) is 0 Å². The Labute approximate surface area is 104 Å². The Hall–Kier alpha value is -1.72. The van der Waals surface area contributed by atoms with Gasteiger partial charge in [0.15, 0.2) is 0 Å². The van der Waals surface area contributed by atoms with Crippen LogP contribution in [0.4, 0.5) is 0 Å². The molecule has 2 saturated heterocycles. The van der Waals surface area contributed by atoms with Gasteiger partial charge in [-0.3, -0.25) is 29.8 Å². The predicted octanol–water partition coefficient (Wildman–Crippen LogP) is -0.128. The van der Waals surface area contributed by atoms with E-state index in [1.54, 1.807) is 0 Å². The molecule has 0 bridgehead atoms. The van der Waals surface area contributed by atoms with Gasteiger partial charge >= 0.3 is 0 Å². The summed E-state index contributed by atoms with van der Waals surface area (Å²) in [6.45, 7) is 0. The van der Waals surface area contributed by atoms with Crippen molar-refractivity contribution in [3.8, 4) is 0 Å². The van der Waals surface area contributed by atoms with Crippen molar-refractivity contribution in [3.63, 3.8) is 0 Å². The number of nitrogens with one attached hydrogen (secondary N) is 2. The van der Waals surface area contributed by atoms with Crippen LogP contribution in [-0.2, 0) is 19.2 Å². The van der Waals surface area contributed by atoms with Crippen molar-refractivity contribution < 1.29 is 19.2 Å². The summed E-state index contributed by atoms with van der Waals surface area (Å²) in [4.78, 5) is 45.0. The first-order valence-corrected chi connectivity index (χ1v) is 6.23. The molecule has 0 aliphatic carbocycles. The fourth-order valence-corrected chi connectivity index (χ4v) is 2.43. The van der Waals surface area contributed by atoms with Gasteiger partial charge in [-0.25, -0.2) is 0 Å². The lowest BCUT2D eigenvalue weighted by molar-refractivity contribution is -0.139. The maximum absolute atomic E-state index is 11.5. The standard InChI is InChI=1S/C12H16N2O4/c15-9-5-3-7(11(17)13-9)1-2-8-4-6-10(16)14-12(8)18/h7-8H,1-6H2,(H,13,15,17)(H,14,16,18). The highest BCUT2D eigenvalue weighted by atomic mass is 16.2. The highest BCUT2D eigenvalue weighted by Crippen LogP contribution is 2.24. The zero-order chi connectivity index (χ0) is 13.1. The van der Waals surface area contributed by atoms with Crippen LogP contribution in [0.2, 0.25) is 0 Å². The highest BCUT2D eigenvalue weighted by molar-refractivity contribution is 5.99. The van der Waals surface area contributed by atoms with Gasteiger partial charge in [-0.2, -0.15) is 0 Å². The summed E-state index contributed by atoms with van der Waals surface area (Å²) in [5.74, 6) is -1.30. The summed E-state index contributed by atoms with van der Waals surface area (Å²) in [6, 6.07) is 0. The molecule has 2 atom stereocenters. The fourth-order valence-electron chi connectivity index (χ4n) is 2.43. The van der Waals surface area contributed by atoms with Crippen LogP contribution in [0.15, 0.2) is 0 Å². The third kappa shape index (κ3) is 2.94. The molecule has 4 amide bonds. The molecular formula is C12H16N2O4. The summed E-state index contributed by atoms with van der Waals surface area (Å²) in [5.41, 5.74) is 0. The van der Waals surface area contributed by atoms with Crippen molar-refractivity contribution >= 4 is 23.6 Å². The summed E-state index contributed by atoms with van der Waals surface area (Å²) >= 11 is 0. The third-order valence-corrected chi connectivity index (χ3v) is 3.57. The number of piperidine rings is 2. The van der Waals surface area contributed by atoms with Gasteiger partial charge in [-0.1, -0.05) is 0 Å². The molecule has 0 spiro atoms. The Kier molecular flexibility index (Phi) is 3.74. The van der Waals surface area contributed by atoms with E-state index in [0.29, 0.717) is 38.5 Å². The number of amides is 4. The first-order chi connectivity index (χ1) is 8.56. The number of carbonyl (C=O) groups excluding carboxylic acids is 4. The molecule has 0 saturated carbocycles. The van der Waals surface area contributed by atoms with Crippen LogP contribution in [0.3, 0.4) is 0 Å². The zero-order valence-corrected chi connectivity index (χ0v) is 10.0. The van der Waals surface area contributed by atoms with Gasteiger partial charge in [-0.05, 0) is 25.7 Å². The molecule has 0 aromatic heterocycles. The molecular weight excluding hydrogens is 236 g/mol. The lowest BCUT2D eigenvalue weighted by Crippen LogP contribution is -2.43. The smallest absolute Gasteiger partial charge is 0.229 e. The van der Waals surface area contributed by atoms with Gasteiger partial charge in [0.05, 0.1) is 0 Å². The van der Waals surface area contributed by atoms with Crippen molar-refractivity contribution in [1.82, 2.24) is 10.6 Å². The monoisotopic (exact) mass is 252 g/mol. The lowest BCUT2D eigenvalue weighted by Gasteiger charge is -2.24. The maximum atomic E-state index is 11.5. The first kappa shape index (κ1) is 12.7. The molecule has 2 fully saturated rings. The van der Waals surface area contributed by atoms with E-state index in [4.69, 9.17) is 0 Å². The number of hydrogen-bond acceptors (Lipinski definition) is 4. The SMILES string of the molecule is O=C1CCC(CCC2CCC(=O)NC2=O)C(=O)N1. The molecule has 2 rings (SSSR count). The average Bonchev–Trinajstić information content (AvgIpc) is 2.30.